The van der Waals surface area contributed by atoms with Crippen LogP contribution in [0, 0.1) is 10.1 Å². The molecule has 0 aliphatic carbocycles. The van der Waals surface area contributed by atoms with Crippen LogP contribution in [-0.2, 0) is 9.53 Å². The van der Waals surface area contributed by atoms with Gasteiger partial charge in [-0.3, -0.25) is 10.1 Å². The van der Waals surface area contributed by atoms with Crippen molar-refractivity contribution in [3.63, 3.8) is 0 Å². The molecule has 3 rings (SSSR count). The molecule has 0 saturated carbocycles. The van der Waals surface area contributed by atoms with Crippen LogP contribution in [0.1, 0.15) is 12.5 Å². The smallest absolute Gasteiger partial charge is 0.344 e. The fourth-order valence-electron chi connectivity index (χ4n) is 2.85. The number of thioether (sulfide) groups is 1. The van der Waals surface area contributed by atoms with Gasteiger partial charge in [-0.15, -0.1) is 0 Å². The molecule has 0 amide bonds. The predicted molar refractivity (Wildman–Crippen MR) is 122 cm³/mol. The predicted octanol–water partition coefficient (Wildman–Crippen LogP) is 4.81. The van der Waals surface area contributed by atoms with Gasteiger partial charge >= 0.3 is 5.97 Å². The standard InChI is InChI=1S/C22H20N2O7S/c1-4-31-22(26)19-20(25)18(12-13-11-16(29-2)9-10-17(13)30-3)32-21(19)23-14-5-7-15(8-6-14)24(27)28/h5-12,25H,4H2,1-3H3. The number of non-ortho nitro benzene ring substituents is 1. The Hall–Kier alpha value is -3.79. The van der Waals surface area contributed by atoms with Crippen molar-refractivity contribution in [1.29, 1.82) is 0 Å². The van der Waals surface area contributed by atoms with Crippen LogP contribution in [0.5, 0.6) is 11.5 Å². The first-order chi connectivity index (χ1) is 15.4. The Morgan fingerprint density at radius 3 is 2.50 bits per heavy atom. The molecule has 1 N–H and O–H groups in total. The highest BCUT2D eigenvalue weighted by Gasteiger charge is 2.33. The third-order valence-electron chi connectivity index (χ3n) is 4.38. The number of aliphatic hydroxyl groups excluding tert-OH is 1. The largest absolute Gasteiger partial charge is 0.506 e. The summed E-state index contributed by atoms with van der Waals surface area (Å²) in [6, 6.07) is 10.7. The zero-order valence-corrected chi connectivity index (χ0v) is 18.3. The van der Waals surface area contributed by atoms with Gasteiger partial charge in [-0.1, -0.05) is 11.8 Å². The lowest BCUT2D eigenvalue weighted by Crippen LogP contribution is -2.12. The zero-order chi connectivity index (χ0) is 23.3. The number of esters is 1. The molecule has 0 aromatic heterocycles. The summed E-state index contributed by atoms with van der Waals surface area (Å²) < 4.78 is 15.7. The van der Waals surface area contributed by atoms with Gasteiger partial charge in [0.1, 0.15) is 27.9 Å². The van der Waals surface area contributed by atoms with Crippen LogP contribution in [0.15, 0.2) is 63.7 Å². The number of aliphatic imine (C=N–C) groups is 1. The summed E-state index contributed by atoms with van der Waals surface area (Å²) in [5.41, 5.74) is 0.847. The number of hydrogen-bond acceptors (Lipinski definition) is 9. The van der Waals surface area contributed by atoms with Gasteiger partial charge in [0.2, 0.25) is 0 Å². The van der Waals surface area contributed by atoms with Crippen LogP contribution in [0.25, 0.3) is 6.08 Å². The average Bonchev–Trinajstić information content (AvgIpc) is 3.08. The Morgan fingerprint density at radius 1 is 1.19 bits per heavy atom. The number of hydrogen-bond donors (Lipinski definition) is 1. The molecule has 2 aromatic rings. The Morgan fingerprint density at radius 2 is 1.91 bits per heavy atom. The normalized spacial score (nSPS) is 15.8. The van der Waals surface area contributed by atoms with Crippen molar-refractivity contribution in [2.45, 2.75) is 6.92 Å². The van der Waals surface area contributed by atoms with E-state index in [9.17, 15) is 20.0 Å². The number of nitrogens with zero attached hydrogens (tertiary/aromatic N) is 2. The second-order valence-electron chi connectivity index (χ2n) is 6.35. The molecule has 2 aromatic carbocycles. The maximum Gasteiger partial charge on any atom is 0.344 e. The third kappa shape index (κ3) is 4.92. The van der Waals surface area contributed by atoms with Crippen LogP contribution in [0.4, 0.5) is 11.4 Å². The van der Waals surface area contributed by atoms with Crippen molar-refractivity contribution in [3.8, 4) is 11.5 Å². The van der Waals surface area contributed by atoms with E-state index >= 15 is 0 Å². The summed E-state index contributed by atoms with van der Waals surface area (Å²) in [5, 5.41) is 21.9. The molecule has 0 unspecified atom stereocenters. The SMILES string of the molecule is CCOC(=O)C1=C(O)C(=Cc2cc(OC)ccc2OC)SC1=Nc1ccc([N+](=O)[O-])cc1. The highest BCUT2D eigenvalue weighted by Crippen LogP contribution is 2.41. The summed E-state index contributed by atoms with van der Waals surface area (Å²) >= 11 is 1.07. The third-order valence-corrected chi connectivity index (χ3v) is 5.40. The molecular weight excluding hydrogens is 436 g/mol. The van der Waals surface area contributed by atoms with Gasteiger partial charge < -0.3 is 19.3 Å². The summed E-state index contributed by atoms with van der Waals surface area (Å²) in [4.78, 5) is 27.6. The van der Waals surface area contributed by atoms with E-state index in [0.717, 1.165) is 11.8 Å². The first-order valence-corrected chi connectivity index (χ1v) is 10.2. The van der Waals surface area contributed by atoms with E-state index in [-0.39, 0.29) is 28.7 Å². The molecule has 0 radical (unpaired) electrons. The van der Waals surface area contributed by atoms with Crippen molar-refractivity contribution in [3.05, 3.63) is 74.4 Å². The molecule has 166 valence electrons. The van der Waals surface area contributed by atoms with E-state index in [1.165, 1.54) is 38.5 Å². The first kappa shape index (κ1) is 22.9. The van der Waals surface area contributed by atoms with E-state index in [4.69, 9.17) is 14.2 Å². The van der Waals surface area contributed by atoms with Crippen molar-refractivity contribution in [2.75, 3.05) is 20.8 Å². The van der Waals surface area contributed by atoms with Crippen LogP contribution in [0.2, 0.25) is 0 Å². The minimum absolute atomic E-state index is 0.0803. The summed E-state index contributed by atoms with van der Waals surface area (Å²) in [7, 11) is 3.06. The number of aliphatic hydroxyl groups is 1. The molecule has 0 saturated heterocycles. The van der Waals surface area contributed by atoms with Gasteiger partial charge in [0.25, 0.3) is 5.69 Å². The second-order valence-corrected chi connectivity index (χ2v) is 7.38. The van der Waals surface area contributed by atoms with Gasteiger partial charge in [-0.2, -0.15) is 0 Å². The highest BCUT2D eigenvalue weighted by atomic mass is 32.2. The molecular formula is C22H20N2O7S. The summed E-state index contributed by atoms with van der Waals surface area (Å²) in [5.74, 6) is 0.137. The zero-order valence-electron chi connectivity index (χ0n) is 17.5. The molecule has 1 heterocycles. The molecule has 1 aliphatic heterocycles. The number of ether oxygens (including phenoxy) is 3. The monoisotopic (exact) mass is 456 g/mol. The van der Waals surface area contributed by atoms with Crippen molar-refractivity contribution in [2.24, 2.45) is 4.99 Å². The number of benzene rings is 2. The van der Waals surface area contributed by atoms with E-state index in [0.29, 0.717) is 27.7 Å². The second kappa shape index (κ2) is 10.0. The lowest BCUT2D eigenvalue weighted by Gasteiger charge is -2.08. The topological polar surface area (TPSA) is 120 Å². The Bertz CT molecular complexity index is 1140. The lowest BCUT2D eigenvalue weighted by molar-refractivity contribution is -0.384. The Kier molecular flexibility index (Phi) is 7.16. The Balaban J connectivity index is 2.06. The fourth-order valence-corrected chi connectivity index (χ4v) is 3.88. The van der Waals surface area contributed by atoms with Crippen molar-refractivity contribution in [1.82, 2.24) is 0 Å². The number of carbonyl (C=O) groups excluding carboxylic acids is 1. The maximum atomic E-state index is 12.5. The molecule has 1 aliphatic rings. The van der Waals surface area contributed by atoms with E-state index in [1.54, 1.807) is 31.2 Å². The number of methoxy groups -OCH3 is 2. The molecule has 9 nitrogen and oxygen atoms in total. The van der Waals surface area contributed by atoms with Crippen LogP contribution >= 0.6 is 11.8 Å². The number of nitro groups is 1. The fraction of sp³-hybridized carbons (Fsp3) is 0.182. The van der Waals surface area contributed by atoms with Gasteiger partial charge in [0, 0.05) is 17.7 Å². The van der Waals surface area contributed by atoms with Gasteiger partial charge in [-0.05, 0) is 43.3 Å². The number of rotatable bonds is 7. The number of carbonyl (C=O) groups is 1. The summed E-state index contributed by atoms with van der Waals surface area (Å²) in [6.45, 7) is 1.77. The van der Waals surface area contributed by atoms with E-state index in [2.05, 4.69) is 4.99 Å². The quantitative estimate of drug-likeness (QED) is 0.358. The van der Waals surface area contributed by atoms with Gasteiger partial charge in [-0.25, -0.2) is 9.79 Å². The molecule has 0 bridgehead atoms. The van der Waals surface area contributed by atoms with Crippen molar-refractivity contribution < 1.29 is 29.0 Å². The van der Waals surface area contributed by atoms with Gasteiger partial charge in [0.05, 0.1) is 36.3 Å². The highest BCUT2D eigenvalue weighted by molar-refractivity contribution is 8.18. The summed E-state index contributed by atoms with van der Waals surface area (Å²) in [6.07, 6.45) is 1.65. The van der Waals surface area contributed by atoms with Crippen LogP contribution in [-0.4, -0.2) is 41.9 Å². The Labute approximate surface area is 188 Å². The van der Waals surface area contributed by atoms with E-state index < -0.39 is 10.9 Å². The van der Waals surface area contributed by atoms with Crippen molar-refractivity contribution >= 4 is 40.2 Å². The number of nitro benzene ring substituents is 1. The van der Waals surface area contributed by atoms with Gasteiger partial charge in [0.15, 0.2) is 0 Å². The minimum Gasteiger partial charge on any atom is -0.506 e. The molecule has 32 heavy (non-hydrogen) atoms. The molecule has 10 heteroatoms. The first-order valence-electron chi connectivity index (χ1n) is 9.43. The minimum atomic E-state index is -0.723. The average molecular weight is 456 g/mol. The van der Waals surface area contributed by atoms with E-state index in [1.807, 2.05) is 0 Å². The maximum absolute atomic E-state index is 12.5. The lowest BCUT2D eigenvalue weighted by atomic mass is 10.1. The molecule has 0 spiro atoms. The van der Waals surface area contributed by atoms with Crippen LogP contribution < -0.4 is 9.47 Å². The molecule has 0 atom stereocenters. The van der Waals surface area contributed by atoms with Crippen LogP contribution in [0.3, 0.4) is 0 Å². The molecule has 0 fully saturated rings.